The number of aliphatic hydroxyl groups is 1. The standard InChI is InChI=1S/C13H24O2/c1-10-3-5-11(6-4-10)13(2,14)12-7-8-15-9-12/h10-12,14H,3-9H2,1-2H3. The Morgan fingerprint density at radius 1 is 1.07 bits per heavy atom. The van der Waals surface area contributed by atoms with Gasteiger partial charge in [0.25, 0.3) is 0 Å². The van der Waals surface area contributed by atoms with Crippen LogP contribution in [0.5, 0.6) is 0 Å². The molecule has 1 N–H and O–H groups in total. The van der Waals surface area contributed by atoms with Gasteiger partial charge in [0.1, 0.15) is 0 Å². The predicted octanol–water partition coefficient (Wildman–Crippen LogP) is 2.60. The van der Waals surface area contributed by atoms with Crippen LogP contribution in [0.1, 0.15) is 46.0 Å². The molecule has 88 valence electrons. The molecular weight excluding hydrogens is 188 g/mol. The summed E-state index contributed by atoms with van der Waals surface area (Å²) in [5, 5.41) is 10.6. The van der Waals surface area contributed by atoms with Crippen molar-refractivity contribution < 1.29 is 9.84 Å². The second-order valence-electron chi connectivity index (χ2n) is 5.74. The SMILES string of the molecule is CC1CCC(C(C)(O)C2CCOC2)CC1. The highest BCUT2D eigenvalue weighted by Crippen LogP contribution is 2.41. The number of hydrogen-bond acceptors (Lipinski definition) is 2. The second-order valence-corrected chi connectivity index (χ2v) is 5.74. The average molecular weight is 212 g/mol. The molecule has 0 radical (unpaired) electrons. The fraction of sp³-hybridized carbons (Fsp3) is 1.00. The Morgan fingerprint density at radius 2 is 1.73 bits per heavy atom. The Kier molecular flexibility index (Phi) is 3.36. The molecule has 15 heavy (non-hydrogen) atoms. The van der Waals surface area contributed by atoms with E-state index in [4.69, 9.17) is 4.74 Å². The van der Waals surface area contributed by atoms with Gasteiger partial charge in [-0.2, -0.15) is 0 Å². The minimum Gasteiger partial charge on any atom is -0.390 e. The largest absolute Gasteiger partial charge is 0.390 e. The maximum absolute atomic E-state index is 10.6. The number of rotatable bonds is 2. The molecule has 2 fully saturated rings. The molecule has 1 aliphatic carbocycles. The van der Waals surface area contributed by atoms with Gasteiger partial charge in [0.05, 0.1) is 12.2 Å². The molecule has 2 aliphatic rings. The highest BCUT2D eigenvalue weighted by Gasteiger charge is 2.42. The normalized spacial score (nSPS) is 41.4. The molecule has 2 unspecified atom stereocenters. The van der Waals surface area contributed by atoms with E-state index in [-0.39, 0.29) is 0 Å². The molecule has 0 aromatic rings. The van der Waals surface area contributed by atoms with Crippen LogP contribution in [0.15, 0.2) is 0 Å². The third-order valence-corrected chi connectivity index (χ3v) is 4.60. The Labute approximate surface area is 93.0 Å². The van der Waals surface area contributed by atoms with Crippen LogP contribution < -0.4 is 0 Å². The zero-order valence-corrected chi connectivity index (χ0v) is 10.0. The summed E-state index contributed by atoms with van der Waals surface area (Å²) >= 11 is 0. The predicted molar refractivity (Wildman–Crippen MR) is 60.7 cm³/mol. The minimum absolute atomic E-state index is 0.371. The van der Waals surface area contributed by atoms with Gasteiger partial charge in [-0.25, -0.2) is 0 Å². The van der Waals surface area contributed by atoms with Crippen molar-refractivity contribution in [2.45, 2.75) is 51.6 Å². The number of hydrogen-bond donors (Lipinski definition) is 1. The van der Waals surface area contributed by atoms with E-state index in [0.29, 0.717) is 11.8 Å². The fourth-order valence-corrected chi connectivity index (χ4v) is 3.17. The third kappa shape index (κ3) is 2.36. The average Bonchev–Trinajstić information content (AvgIpc) is 2.71. The van der Waals surface area contributed by atoms with Crippen LogP contribution in [-0.4, -0.2) is 23.9 Å². The summed E-state index contributed by atoms with van der Waals surface area (Å²) in [6, 6.07) is 0. The molecule has 1 saturated heterocycles. The van der Waals surface area contributed by atoms with Crippen LogP contribution in [0.25, 0.3) is 0 Å². The summed E-state index contributed by atoms with van der Waals surface area (Å²) in [6.07, 6.45) is 6.01. The summed E-state index contributed by atoms with van der Waals surface area (Å²) in [6.45, 7) is 5.96. The van der Waals surface area contributed by atoms with E-state index < -0.39 is 5.60 Å². The molecule has 2 rings (SSSR count). The van der Waals surface area contributed by atoms with Gasteiger partial charge in [-0.15, -0.1) is 0 Å². The van der Waals surface area contributed by atoms with Gasteiger partial charge >= 0.3 is 0 Å². The zero-order valence-electron chi connectivity index (χ0n) is 10.0. The molecule has 2 heteroatoms. The lowest BCUT2D eigenvalue weighted by Gasteiger charge is -2.40. The summed E-state index contributed by atoms with van der Waals surface area (Å²) in [4.78, 5) is 0. The minimum atomic E-state index is -0.489. The smallest absolute Gasteiger partial charge is 0.0698 e. The molecule has 0 bridgehead atoms. The first kappa shape index (κ1) is 11.4. The molecule has 0 amide bonds. The van der Waals surface area contributed by atoms with Gasteiger partial charge < -0.3 is 9.84 Å². The molecule has 2 atom stereocenters. The van der Waals surface area contributed by atoms with Crippen LogP contribution in [0, 0.1) is 17.8 Å². The van der Waals surface area contributed by atoms with Crippen molar-refractivity contribution in [1.82, 2.24) is 0 Å². The van der Waals surface area contributed by atoms with Crippen molar-refractivity contribution >= 4 is 0 Å². The van der Waals surface area contributed by atoms with E-state index in [1.807, 2.05) is 6.92 Å². The molecule has 0 aromatic heterocycles. The number of ether oxygens (including phenoxy) is 1. The highest BCUT2D eigenvalue weighted by molar-refractivity contribution is 4.92. The third-order valence-electron chi connectivity index (χ3n) is 4.60. The van der Waals surface area contributed by atoms with Gasteiger partial charge in [-0.1, -0.05) is 19.8 Å². The second kappa shape index (κ2) is 4.42. The molecule has 2 nitrogen and oxygen atoms in total. The molecule has 1 heterocycles. The van der Waals surface area contributed by atoms with Crippen molar-refractivity contribution in [3.05, 3.63) is 0 Å². The Hall–Kier alpha value is -0.0800. The van der Waals surface area contributed by atoms with Crippen LogP contribution in [0.4, 0.5) is 0 Å². The van der Waals surface area contributed by atoms with Crippen molar-refractivity contribution in [2.24, 2.45) is 17.8 Å². The van der Waals surface area contributed by atoms with E-state index in [1.165, 1.54) is 25.7 Å². The van der Waals surface area contributed by atoms with Crippen LogP contribution in [-0.2, 0) is 4.74 Å². The van der Waals surface area contributed by atoms with E-state index in [1.54, 1.807) is 0 Å². The molecule has 1 aliphatic heterocycles. The van der Waals surface area contributed by atoms with Crippen molar-refractivity contribution in [3.63, 3.8) is 0 Å². The van der Waals surface area contributed by atoms with E-state index in [9.17, 15) is 5.11 Å². The maximum Gasteiger partial charge on any atom is 0.0698 e. The Bertz CT molecular complexity index is 199. The van der Waals surface area contributed by atoms with E-state index in [2.05, 4.69) is 6.92 Å². The summed E-state index contributed by atoms with van der Waals surface area (Å²) < 4.78 is 5.40. The monoisotopic (exact) mass is 212 g/mol. The van der Waals surface area contributed by atoms with Gasteiger partial charge in [-0.3, -0.25) is 0 Å². The topological polar surface area (TPSA) is 29.5 Å². The lowest BCUT2D eigenvalue weighted by atomic mass is 9.69. The first-order valence-electron chi connectivity index (χ1n) is 6.41. The molecular formula is C13H24O2. The van der Waals surface area contributed by atoms with Crippen LogP contribution in [0.2, 0.25) is 0 Å². The zero-order chi connectivity index (χ0) is 10.9. The highest BCUT2D eigenvalue weighted by atomic mass is 16.5. The Balaban J connectivity index is 1.95. The van der Waals surface area contributed by atoms with Gasteiger partial charge in [0.2, 0.25) is 0 Å². The first-order valence-corrected chi connectivity index (χ1v) is 6.41. The molecule has 1 saturated carbocycles. The van der Waals surface area contributed by atoms with E-state index in [0.717, 1.165) is 25.6 Å². The lowest BCUT2D eigenvalue weighted by molar-refractivity contribution is -0.0702. The van der Waals surface area contributed by atoms with Gasteiger partial charge in [-0.05, 0) is 38.0 Å². The molecule has 0 spiro atoms. The van der Waals surface area contributed by atoms with Crippen LogP contribution in [0.3, 0.4) is 0 Å². The van der Waals surface area contributed by atoms with Gasteiger partial charge in [0, 0.05) is 12.5 Å². The Morgan fingerprint density at radius 3 is 2.27 bits per heavy atom. The van der Waals surface area contributed by atoms with Crippen molar-refractivity contribution in [1.29, 1.82) is 0 Å². The van der Waals surface area contributed by atoms with Crippen molar-refractivity contribution in [2.75, 3.05) is 13.2 Å². The first-order chi connectivity index (χ1) is 7.10. The van der Waals surface area contributed by atoms with Crippen LogP contribution >= 0.6 is 0 Å². The van der Waals surface area contributed by atoms with Crippen molar-refractivity contribution in [3.8, 4) is 0 Å². The lowest BCUT2D eigenvalue weighted by Crippen LogP contribution is -2.44. The summed E-state index contributed by atoms with van der Waals surface area (Å²) in [5.74, 6) is 1.73. The fourth-order valence-electron chi connectivity index (χ4n) is 3.17. The summed E-state index contributed by atoms with van der Waals surface area (Å²) in [5.41, 5.74) is -0.489. The quantitative estimate of drug-likeness (QED) is 0.762. The molecule has 0 aromatic carbocycles. The maximum atomic E-state index is 10.6. The summed E-state index contributed by atoms with van der Waals surface area (Å²) in [7, 11) is 0. The van der Waals surface area contributed by atoms with Gasteiger partial charge in [0.15, 0.2) is 0 Å². The van der Waals surface area contributed by atoms with E-state index >= 15 is 0 Å².